The molecule has 28 heavy (non-hydrogen) atoms. The SMILES string of the molecule is CNS(=O)(=O)c1ccc(/C=C/C(=O)NC2(c3ccc(F)cc3)CCCC2)cc1. The van der Waals surface area contributed by atoms with E-state index in [-0.39, 0.29) is 16.6 Å². The largest absolute Gasteiger partial charge is 0.343 e. The molecule has 2 N–H and O–H groups in total. The lowest BCUT2D eigenvalue weighted by atomic mass is 9.88. The molecule has 0 bridgehead atoms. The zero-order valence-electron chi connectivity index (χ0n) is 15.6. The molecule has 3 rings (SSSR count). The Bertz CT molecular complexity index is 962. The van der Waals surface area contributed by atoms with Crippen LogP contribution in [0.2, 0.25) is 0 Å². The first-order valence-electron chi connectivity index (χ1n) is 9.15. The van der Waals surface area contributed by atoms with Gasteiger partial charge in [0.1, 0.15) is 5.82 Å². The van der Waals surface area contributed by atoms with Crippen LogP contribution in [0.3, 0.4) is 0 Å². The molecule has 2 aromatic rings. The zero-order valence-corrected chi connectivity index (χ0v) is 16.4. The number of amides is 1. The Morgan fingerprint density at radius 3 is 2.21 bits per heavy atom. The second-order valence-corrected chi connectivity index (χ2v) is 8.78. The summed E-state index contributed by atoms with van der Waals surface area (Å²) in [7, 11) is -2.13. The van der Waals surface area contributed by atoms with Crippen LogP contribution in [0.15, 0.2) is 59.5 Å². The van der Waals surface area contributed by atoms with E-state index >= 15 is 0 Å². The van der Waals surface area contributed by atoms with E-state index < -0.39 is 15.6 Å². The molecule has 0 aliphatic heterocycles. The summed E-state index contributed by atoms with van der Waals surface area (Å²) in [4.78, 5) is 12.7. The fourth-order valence-electron chi connectivity index (χ4n) is 3.56. The fraction of sp³-hybridized carbons (Fsp3) is 0.286. The van der Waals surface area contributed by atoms with Gasteiger partial charge in [-0.3, -0.25) is 4.79 Å². The third-order valence-corrected chi connectivity index (χ3v) is 6.53. The van der Waals surface area contributed by atoms with Crippen LogP contribution < -0.4 is 10.0 Å². The zero-order chi connectivity index (χ0) is 20.2. The number of nitrogens with one attached hydrogen (secondary N) is 2. The van der Waals surface area contributed by atoms with Crippen LogP contribution in [0.5, 0.6) is 0 Å². The van der Waals surface area contributed by atoms with Gasteiger partial charge in [0, 0.05) is 6.08 Å². The van der Waals surface area contributed by atoms with E-state index in [4.69, 9.17) is 0 Å². The first kappa shape index (κ1) is 20.2. The van der Waals surface area contributed by atoms with Crippen molar-refractivity contribution in [3.8, 4) is 0 Å². The Labute approximate surface area is 164 Å². The smallest absolute Gasteiger partial charge is 0.244 e. The first-order chi connectivity index (χ1) is 13.3. The Balaban J connectivity index is 1.72. The second kappa shape index (κ2) is 8.24. The fourth-order valence-corrected chi connectivity index (χ4v) is 4.29. The van der Waals surface area contributed by atoms with Crippen LogP contribution in [-0.4, -0.2) is 21.4 Å². The molecule has 2 aromatic carbocycles. The molecule has 1 aliphatic carbocycles. The Morgan fingerprint density at radius 2 is 1.64 bits per heavy atom. The van der Waals surface area contributed by atoms with Crippen LogP contribution in [0.1, 0.15) is 36.8 Å². The van der Waals surface area contributed by atoms with Crippen molar-refractivity contribution in [1.82, 2.24) is 10.0 Å². The van der Waals surface area contributed by atoms with Crippen LogP contribution in [0.4, 0.5) is 4.39 Å². The van der Waals surface area contributed by atoms with Crippen molar-refractivity contribution in [1.29, 1.82) is 0 Å². The summed E-state index contributed by atoms with van der Waals surface area (Å²) in [6.45, 7) is 0. The van der Waals surface area contributed by atoms with Crippen LogP contribution in [-0.2, 0) is 20.4 Å². The van der Waals surface area contributed by atoms with E-state index in [2.05, 4.69) is 10.0 Å². The van der Waals surface area contributed by atoms with Crippen molar-refractivity contribution in [3.63, 3.8) is 0 Å². The minimum Gasteiger partial charge on any atom is -0.343 e. The summed E-state index contributed by atoms with van der Waals surface area (Å²) >= 11 is 0. The highest BCUT2D eigenvalue weighted by Crippen LogP contribution is 2.38. The van der Waals surface area contributed by atoms with Gasteiger partial charge >= 0.3 is 0 Å². The molecule has 1 amide bonds. The molecule has 0 heterocycles. The van der Waals surface area contributed by atoms with Crippen molar-refractivity contribution in [2.75, 3.05) is 7.05 Å². The van der Waals surface area contributed by atoms with Crippen molar-refractivity contribution in [3.05, 3.63) is 71.6 Å². The number of halogens is 1. The highest BCUT2D eigenvalue weighted by Gasteiger charge is 2.36. The second-order valence-electron chi connectivity index (χ2n) is 6.90. The molecular weight excluding hydrogens is 379 g/mol. The number of rotatable bonds is 6. The van der Waals surface area contributed by atoms with Crippen molar-refractivity contribution < 1.29 is 17.6 Å². The van der Waals surface area contributed by atoms with Gasteiger partial charge in [0.25, 0.3) is 0 Å². The van der Waals surface area contributed by atoms with Gasteiger partial charge in [-0.2, -0.15) is 0 Å². The molecule has 0 atom stereocenters. The predicted octanol–water partition coefficient (Wildman–Crippen LogP) is 3.33. The predicted molar refractivity (Wildman–Crippen MR) is 106 cm³/mol. The molecule has 5 nitrogen and oxygen atoms in total. The van der Waals surface area contributed by atoms with Gasteiger partial charge < -0.3 is 5.32 Å². The number of carbonyl (C=O) groups is 1. The lowest BCUT2D eigenvalue weighted by Gasteiger charge is -2.30. The summed E-state index contributed by atoms with van der Waals surface area (Å²) in [5.74, 6) is -0.537. The Hall–Kier alpha value is -2.51. The maximum Gasteiger partial charge on any atom is 0.244 e. The molecule has 0 radical (unpaired) electrons. The number of carbonyl (C=O) groups excluding carboxylic acids is 1. The highest BCUT2D eigenvalue weighted by atomic mass is 32.2. The molecule has 1 saturated carbocycles. The summed E-state index contributed by atoms with van der Waals surface area (Å²) in [5, 5.41) is 3.09. The molecule has 1 fully saturated rings. The van der Waals surface area contributed by atoms with Gasteiger partial charge in [0.2, 0.25) is 15.9 Å². The topological polar surface area (TPSA) is 75.3 Å². The molecule has 148 valence electrons. The van der Waals surface area contributed by atoms with Crippen molar-refractivity contribution >= 4 is 22.0 Å². The monoisotopic (exact) mass is 402 g/mol. The van der Waals surface area contributed by atoms with Crippen LogP contribution >= 0.6 is 0 Å². The minimum atomic E-state index is -3.48. The van der Waals surface area contributed by atoms with Gasteiger partial charge in [-0.1, -0.05) is 37.1 Å². The van der Waals surface area contributed by atoms with Crippen LogP contribution in [0.25, 0.3) is 6.08 Å². The minimum absolute atomic E-state index is 0.165. The van der Waals surface area contributed by atoms with Gasteiger partial charge in [-0.05, 0) is 61.4 Å². The van der Waals surface area contributed by atoms with E-state index in [1.54, 1.807) is 30.3 Å². The standard InChI is InChI=1S/C21H23FN2O3S/c1-23-28(26,27)19-11-4-16(5-12-19)6-13-20(25)24-21(14-2-3-15-21)17-7-9-18(22)10-8-17/h4-13,23H,2-3,14-15H2,1H3,(H,24,25)/b13-6+. The summed E-state index contributed by atoms with van der Waals surface area (Å²) in [6, 6.07) is 12.5. The van der Waals surface area contributed by atoms with E-state index in [1.165, 1.54) is 37.4 Å². The number of hydrogen-bond acceptors (Lipinski definition) is 3. The average molecular weight is 402 g/mol. The summed E-state index contributed by atoms with van der Waals surface area (Å²) < 4.78 is 39.0. The quantitative estimate of drug-likeness (QED) is 0.728. The maximum atomic E-state index is 13.3. The Kier molecular flexibility index (Phi) is 5.96. The maximum absolute atomic E-state index is 13.3. The summed E-state index contributed by atoms with van der Waals surface area (Å²) in [5.41, 5.74) is 1.15. The molecule has 0 saturated heterocycles. The van der Waals surface area contributed by atoms with Crippen molar-refractivity contribution in [2.45, 2.75) is 36.1 Å². The van der Waals surface area contributed by atoms with Gasteiger partial charge in [0.05, 0.1) is 10.4 Å². The van der Waals surface area contributed by atoms with Gasteiger partial charge in [0.15, 0.2) is 0 Å². The molecule has 7 heteroatoms. The van der Waals surface area contributed by atoms with Gasteiger partial charge in [-0.25, -0.2) is 17.5 Å². The highest BCUT2D eigenvalue weighted by molar-refractivity contribution is 7.89. The molecule has 0 unspecified atom stereocenters. The normalized spacial score (nSPS) is 16.4. The third kappa shape index (κ3) is 4.48. The van der Waals surface area contributed by atoms with E-state index in [0.717, 1.165) is 31.2 Å². The van der Waals surface area contributed by atoms with E-state index in [9.17, 15) is 17.6 Å². The molecular formula is C21H23FN2O3S. The number of sulfonamides is 1. The third-order valence-electron chi connectivity index (χ3n) is 5.10. The van der Waals surface area contributed by atoms with Crippen molar-refractivity contribution in [2.24, 2.45) is 0 Å². The molecule has 0 spiro atoms. The summed E-state index contributed by atoms with van der Waals surface area (Å²) in [6.07, 6.45) is 6.71. The van der Waals surface area contributed by atoms with E-state index in [1.807, 2.05) is 0 Å². The molecule has 0 aromatic heterocycles. The number of hydrogen-bond donors (Lipinski definition) is 2. The van der Waals surface area contributed by atoms with Gasteiger partial charge in [-0.15, -0.1) is 0 Å². The van der Waals surface area contributed by atoms with Crippen LogP contribution in [0, 0.1) is 5.82 Å². The van der Waals surface area contributed by atoms with E-state index in [0.29, 0.717) is 5.56 Å². The lowest BCUT2D eigenvalue weighted by molar-refractivity contribution is -0.118. The molecule has 1 aliphatic rings. The number of benzene rings is 2. The Morgan fingerprint density at radius 1 is 1.04 bits per heavy atom. The lowest BCUT2D eigenvalue weighted by Crippen LogP contribution is -2.43. The first-order valence-corrected chi connectivity index (χ1v) is 10.6. The average Bonchev–Trinajstić information content (AvgIpc) is 3.16.